The van der Waals surface area contributed by atoms with Crippen molar-refractivity contribution in [1.82, 2.24) is 9.55 Å². The van der Waals surface area contributed by atoms with E-state index in [0.717, 1.165) is 13.0 Å². The Balaban J connectivity index is 2.70. The average molecular weight is 171 g/mol. The number of quaternary nitrogens is 1. The third-order valence-corrected chi connectivity index (χ3v) is 1.51. The summed E-state index contributed by atoms with van der Waals surface area (Å²) < 4.78 is 1.52. The summed E-state index contributed by atoms with van der Waals surface area (Å²) in [5, 5.41) is 10.4. The number of imidazole rings is 1. The second-order valence-corrected chi connectivity index (χ2v) is 2.38. The molecule has 0 aliphatic heterocycles. The van der Waals surface area contributed by atoms with E-state index in [1.165, 1.54) is 10.8 Å². The molecule has 0 amide bonds. The van der Waals surface area contributed by atoms with Crippen LogP contribution in [0.2, 0.25) is 0 Å². The zero-order chi connectivity index (χ0) is 8.97. The molecule has 6 heteroatoms. The number of hydrogen-bond donors (Lipinski definition) is 1. The van der Waals surface area contributed by atoms with Crippen LogP contribution < -0.4 is 5.73 Å². The van der Waals surface area contributed by atoms with Crippen molar-refractivity contribution in [1.29, 1.82) is 0 Å². The van der Waals surface area contributed by atoms with Gasteiger partial charge in [0, 0.05) is 6.42 Å². The van der Waals surface area contributed by atoms with Gasteiger partial charge in [0.25, 0.3) is 0 Å². The van der Waals surface area contributed by atoms with Crippen LogP contribution >= 0.6 is 0 Å². The lowest BCUT2D eigenvalue weighted by atomic mass is 10.4. The van der Waals surface area contributed by atoms with E-state index in [1.807, 2.05) is 0 Å². The molecule has 0 atom stereocenters. The third kappa shape index (κ3) is 1.79. The Hall–Kier alpha value is -1.43. The van der Waals surface area contributed by atoms with Gasteiger partial charge in [-0.3, -0.25) is 0 Å². The molecule has 0 aliphatic carbocycles. The van der Waals surface area contributed by atoms with Gasteiger partial charge in [-0.05, 0) is 4.92 Å². The molecule has 12 heavy (non-hydrogen) atoms. The van der Waals surface area contributed by atoms with Gasteiger partial charge in [-0.2, -0.15) is 0 Å². The van der Waals surface area contributed by atoms with E-state index >= 15 is 0 Å². The molecule has 0 spiro atoms. The van der Waals surface area contributed by atoms with E-state index in [4.69, 9.17) is 0 Å². The Kier molecular flexibility index (Phi) is 2.76. The largest absolute Gasteiger partial charge is 0.434 e. The summed E-state index contributed by atoms with van der Waals surface area (Å²) in [5.74, 6) is -0.0940. The van der Waals surface area contributed by atoms with Crippen LogP contribution in [-0.2, 0) is 6.54 Å². The lowest BCUT2D eigenvalue weighted by Gasteiger charge is -1.97. The standard InChI is InChI=1S/C6H10N4O2/c7-2-1-4-9-5-3-8-6(9)10(11)12/h3,5H,1-2,4,7H2/p+1. The fourth-order valence-electron chi connectivity index (χ4n) is 0.930. The summed E-state index contributed by atoms with van der Waals surface area (Å²) >= 11 is 0. The molecular formula is C6H11N4O2+. The summed E-state index contributed by atoms with van der Waals surface area (Å²) in [6.07, 6.45) is 3.87. The molecule has 0 aromatic carbocycles. The topological polar surface area (TPSA) is 88.6 Å². The van der Waals surface area contributed by atoms with Gasteiger partial charge in [-0.15, -0.1) is 0 Å². The highest BCUT2D eigenvalue weighted by atomic mass is 16.6. The maximum absolute atomic E-state index is 10.4. The minimum atomic E-state index is -0.483. The van der Waals surface area contributed by atoms with Crippen LogP contribution in [0.5, 0.6) is 0 Å². The molecule has 1 rings (SSSR count). The molecule has 0 saturated heterocycles. The van der Waals surface area contributed by atoms with Crippen LogP contribution in [-0.4, -0.2) is 21.0 Å². The van der Waals surface area contributed by atoms with Crippen molar-refractivity contribution in [2.24, 2.45) is 0 Å². The van der Waals surface area contributed by atoms with E-state index in [-0.39, 0.29) is 5.95 Å². The van der Waals surface area contributed by atoms with Crippen molar-refractivity contribution in [2.75, 3.05) is 6.54 Å². The van der Waals surface area contributed by atoms with Crippen molar-refractivity contribution in [2.45, 2.75) is 13.0 Å². The number of aromatic nitrogens is 2. The smallest absolute Gasteiger partial charge is 0.390 e. The first-order valence-corrected chi connectivity index (χ1v) is 3.70. The van der Waals surface area contributed by atoms with E-state index in [9.17, 15) is 10.1 Å². The van der Waals surface area contributed by atoms with Crippen LogP contribution in [0.3, 0.4) is 0 Å². The molecule has 6 nitrogen and oxygen atoms in total. The Morgan fingerprint density at radius 2 is 2.50 bits per heavy atom. The van der Waals surface area contributed by atoms with Crippen molar-refractivity contribution >= 4 is 5.95 Å². The monoisotopic (exact) mass is 171 g/mol. The van der Waals surface area contributed by atoms with Crippen LogP contribution in [0.15, 0.2) is 12.4 Å². The number of nitro groups is 1. The minimum Gasteiger partial charge on any atom is -0.390 e. The number of hydrogen-bond acceptors (Lipinski definition) is 3. The Bertz CT molecular complexity index is 270. The lowest BCUT2D eigenvalue weighted by molar-refractivity contribution is -0.397. The van der Waals surface area contributed by atoms with Crippen molar-refractivity contribution in [3.05, 3.63) is 22.5 Å². The molecule has 3 N–H and O–H groups in total. The molecule has 66 valence electrons. The second-order valence-electron chi connectivity index (χ2n) is 2.38. The molecule has 1 aromatic rings. The lowest BCUT2D eigenvalue weighted by Crippen LogP contribution is -2.50. The molecule has 0 bridgehead atoms. The van der Waals surface area contributed by atoms with Gasteiger partial charge in [0.1, 0.15) is 12.4 Å². The second kappa shape index (κ2) is 3.82. The molecule has 0 saturated carbocycles. The fraction of sp³-hybridized carbons (Fsp3) is 0.500. The van der Waals surface area contributed by atoms with Gasteiger partial charge in [0.2, 0.25) is 0 Å². The molecular weight excluding hydrogens is 160 g/mol. The van der Waals surface area contributed by atoms with Gasteiger partial charge in [-0.1, -0.05) is 4.98 Å². The van der Waals surface area contributed by atoms with Gasteiger partial charge < -0.3 is 15.8 Å². The van der Waals surface area contributed by atoms with Crippen LogP contribution in [0.1, 0.15) is 6.42 Å². The number of nitrogens with zero attached hydrogens (tertiary/aromatic N) is 3. The quantitative estimate of drug-likeness (QED) is 0.485. The summed E-state index contributed by atoms with van der Waals surface area (Å²) in [6, 6.07) is 0. The molecule has 0 radical (unpaired) electrons. The maximum Gasteiger partial charge on any atom is 0.434 e. The highest BCUT2D eigenvalue weighted by Gasteiger charge is 2.12. The van der Waals surface area contributed by atoms with Crippen molar-refractivity contribution in [3.63, 3.8) is 0 Å². The highest BCUT2D eigenvalue weighted by molar-refractivity contribution is 5.06. The molecule has 0 unspecified atom stereocenters. The summed E-state index contributed by atoms with van der Waals surface area (Å²) in [5.41, 5.74) is 3.66. The van der Waals surface area contributed by atoms with Crippen molar-refractivity contribution < 1.29 is 10.7 Å². The third-order valence-electron chi connectivity index (χ3n) is 1.51. The van der Waals surface area contributed by atoms with E-state index in [0.29, 0.717) is 6.54 Å². The Morgan fingerprint density at radius 3 is 3.08 bits per heavy atom. The van der Waals surface area contributed by atoms with Crippen LogP contribution in [0.25, 0.3) is 0 Å². The number of rotatable bonds is 4. The van der Waals surface area contributed by atoms with E-state index in [2.05, 4.69) is 10.7 Å². The predicted molar refractivity (Wildman–Crippen MR) is 41.3 cm³/mol. The SMILES string of the molecule is [NH3+]CCCn1ccnc1[N+](=O)[O-]. The van der Waals surface area contributed by atoms with E-state index in [1.54, 1.807) is 6.20 Å². The zero-order valence-electron chi connectivity index (χ0n) is 6.64. The zero-order valence-corrected chi connectivity index (χ0v) is 6.64. The molecule has 0 aliphatic rings. The predicted octanol–water partition coefficient (Wildman–Crippen LogP) is -0.577. The van der Waals surface area contributed by atoms with Gasteiger partial charge >= 0.3 is 5.95 Å². The Labute approximate surface area is 69.2 Å². The average Bonchev–Trinajstić information content (AvgIpc) is 2.48. The van der Waals surface area contributed by atoms with Gasteiger partial charge in [0.15, 0.2) is 0 Å². The normalized spacial score (nSPS) is 10.1. The molecule has 0 fully saturated rings. The van der Waals surface area contributed by atoms with E-state index < -0.39 is 4.92 Å². The molecule has 1 aromatic heterocycles. The highest BCUT2D eigenvalue weighted by Crippen LogP contribution is 2.06. The van der Waals surface area contributed by atoms with Crippen molar-refractivity contribution in [3.8, 4) is 0 Å². The summed E-state index contributed by atoms with van der Waals surface area (Å²) in [6.45, 7) is 1.38. The number of aryl methyl sites for hydroxylation is 1. The minimum absolute atomic E-state index is 0.0940. The Morgan fingerprint density at radius 1 is 1.75 bits per heavy atom. The molecule has 1 heterocycles. The van der Waals surface area contributed by atoms with Crippen LogP contribution in [0, 0.1) is 10.1 Å². The first-order chi connectivity index (χ1) is 5.75. The van der Waals surface area contributed by atoms with Gasteiger partial charge in [-0.25, -0.2) is 4.57 Å². The fourth-order valence-corrected chi connectivity index (χ4v) is 0.930. The van der Waals surface area contributed by atoms with Crippen LogP contribution in [0.4, 0.5) is 5.95 Å². The first-order valence-electron chi connectivity index (χ1n) is 3.70. The summed E-state index contributed by atoms with van der Waals surface area (Å²) in [7, 11) is 0. The maximum atomic E-state index is 10.4. The van der Waals surface area contributed by atoms with Gasteiger partial charge in [0.05, 0.1) is 13.1 Å². The first kappa shape index (κ1) is 8.66. The summed E-state index contributed by atoms with van der Waals surface area (Å²) in [4.78, 5) is 13.5.